The minimum Gasteiger partial charge on any atom is -0.506 e. The van der Waals surface area contributed by atoms with Gasteiger partial charge in [-0.1, -0.05) is 16.8 Å². The number of amides is 1. The molecule has 1 aromatic rings. The van der Waals surface area contributed by atoms with Crippen molar-refractivity contribution in [2.45, 2.75) is 11.3 Å². The minimum absolute atomic E-state index is 0.0146. The number of carbonyl (C=O) groups is 1. The summed E-state index contributed by atoms with van der Waals surface area (Å²) in [7, 11) is -2.27. The van der Waals surface area contributed by atoms with Gasteiger partial charge < -0.3 is 20.7 Å². The molecule has 1 amide bonds. The maximum Gasteiger partial charge on any atom is 0.256 e. The quantitative estimate of drug-likeness (QED) is 0.402. The van der Waals surface area contributed by atoms with E-state index in [9.17, 15) is 18.3 Å². The van der Waals surface area contributed by atoms with Crippen LogP contribution in [-0.4, -0.2) is 51.3 Å². The van der Waals surface area contributed by atoms with E-state index in [-0.39, 0.29) is 33.2 Å². The lowest BCUT2D eigenvalue weighted by molar-refractivity contribution is -0.116. The number of hydrogen-bond acceptors (Lipinski definition) is 7. The van der Waals surface area contributed by atoms with Gasteiger partial charge in [-0.3, -0.25) is 4.79 Å². The molecule has 0 saturated heterocycles. The lowest BCUT2D eigenvalue weighted by Gasteiger charge is -2.14. The molecule has 10 heteroatoms. The Hall–Kier alpha value is -2.39. The zero-order chi connectivity index (χ0) is 18.8. The molecule has 0 radical (unpaired) electrons. The van der Waals surface area contributed by atoms with Gasteiger partial charge in [0.1, 0.15) is 12.4 Å². The Labute approximate surface area is 149 Å². The standard InChI is InChI=1S/C15H16ClN3O5S/c1-18-15(21)9(7-17)14(20)8-3-4-11(25(2,22)23)12(13(8)16)10-5-6-24-19-10/h3-4,7,17,20H,5-6H2,1-2H3,(H,18,21). The van der Waals surface area contributed by atoms with Crippen LogP contribution in [0.4, 0.5) is 0 Å². The summed E-state index contributed by atoms with van der Waals surface area (Å²) in [5.74, 6) is -1.22. The number of carbonyl (C=O) groups excluding carboxylic acids is 1. The Morgan fingerprint density at radius 3 is 2.64 bits per heavy atom. The van der Waals surface area contributed by atoms with Crippen molar-refractivity contribution >= 4 is 45.0 Å². The Morgan fingerprint density at radius 2 is 2.16 bits per heavy atom. The molecule has 0 spiro atoms. The third-order valence-corrected chi connectivity index (χ3v) is 5.05. The summed E-state index contributed by atoms with van der Waals surface area (Å²) in [6.07, 6.45) is 2.06. The van der Waals surface area contributed by atoms with E-state index in [1.54, 1.807) is 0 Å². The normalized spacial score (nSPS) is 15.1. The van der Waals surface area contributed by atoms with E-state index < -0.39 is 21.5 Å². The highest BCUT2D eigenvalue weighted by Crippen LogP contribution is 2.34. The van der Waals surface area contributed by atoms with Crippen molar-refractivity contribution < 1.29 is 23.2 Å². The molecule has 0 aliphatic carbocycles. The average molecular weight is 386 g/mol. The molecule has 2 rings (SSSR count). The van der Waals surface area contributed by atoms with Gasteiger partial charge in [-0.15, -0.1) is 0 Å². The number of halogens is 1. The van der Waals surface area contributed by atoms with Gasteiger partial charge in [0.2, 0.25) is 0 Å². The zero-order valence-corrected chi connectivity index (χ0v) is 15.0. The monoisotopic (exact) mass is 385 g/mol. The molecule has 8 nitrogen and oxygen atoms in total. The number of rotatable bonds is 5. The molecule has 3 N–H and O–H groups in total. The minimum atomic E-state index is -3.63. The largest absolute Gasteiger partial charge is 0.506 e. The molecule has 25 heavy (non-hydrogen) atoms. The number of nitrogens with one attached hydrogen (secondary N) is 2. The van der Waals surface area contributed by atoms with Gasteiger partial charge >= 0.3 is 0 Å². The van der Waals surface area contributed by atoms with Crippen molar-refractivity contribution in [1.82, 2.24) is 5.32 Å². The molecule has 0 bridgehead atoms. The van der Waals surface area contributed by atoms with Crippen LogP contribution in [-0.2, 0) is 19.5 Å². The molecule has 1 aromatic carbocycles. The molecule has 0 saturated carbocycles. The van der Waals surface area contributed by atoms with Gasteiger partial charge in [-0.05, 0) is 12.1 Å². The molecule has 1 heterocycles. The number of sulfone groups is 1. The smallest absolute Gasteiger partial charge is 0.256 e. The van der Waals surface area contributed by atoms with E-state index in [4.69, 9.17) is 21.8 Å². The highest BCUT2D eigenvalue weighted by molar-refractivity contribution is 7.90. The molecular weight excluding hydrogens is 370 g/mol. The van der Waals surface area contributed by atoms with Gasteiger partial charge in [0.25, 0.3) is 5.91 Å². The highest BCUT2D eigenvalue weighted by Gasteiger charge is 2.27. The van der Waals surface area contributed by atoms with Gasteiger partial charge in [-0.2, -0.15) is 0 Å². The molecule has 0 fully saturated rings. The number of benzene rings is 1. The van der Waals surface area contributed by atoms with Gasteiger partial charge in [0, 0.05) is 37.1 Å². The fourth-order valence-electron chi connectivity index (χ4n) is 2.32. The number of aliphatic hydroxyl groups is 1. The Bertz CT molecular complexity index is 906. The van der Waals surface area contributed by atoms with E-state index in [0.29, 0.717) is 18.3 Å². The SMILES string of the molecule is CNC(=O)C(C=N)=C(O)c1ccc(S(C)(=O)=O)c(C2=NOCC2)c1Cl. The second-order valence-corrected chi connectivity index (χ2v) is 7.54. The molecule has 1 aliphatic heterocycles. The number of oxime groups is 1. The molecule has 0 unspecified atom stereocenters. The van der Waals surface area contributed by atoms with Crippen molar-refractivity contribution in [3.05, 3.63) is 33.9 Å². The van der Waals surface area contributed by atoms with Crippen molar-refractivity contribution in [2.75, 3.05) is 19.9 Å². The summed E-state index contributed by atoms with van der Waals surface area (Å²) in [4.78, 5) is 16.6. The molecule has 134 valence electrons. The second-order valence-electron chi connectivity index (χ2n) is 5.18. The second kappa shape index (κ2) is 7.24. The van der Waals surface area contributed by atoms with E-state index in [1.807, 2.05) is 0 Å². The number of likely N-dealkylation sites (N-methyl/N-ethyl adjacent to an activating group) is 1. The molecular formula is C15H16ClN3O5S. The van der Waals surface area contributed by atoms with E-state index in [0.717, 1.165) is 6.26 Å². The van der Waals surface area contributed by atoms with Crippen LogP contribution in [0.5, 0.6) is 0 Å². The van der Waals surface area contributed by atoms with Crippen LogP contribution in [0.25, 0.3) is 5.76 Å². The predicted molar refractivity (Wildman–Crippen MR) is 94.1 cm³/mol. The molecule has 0 atom stereocenters. The molecule has 1 aliphatic rings. The lowest BCUT2D eigenvalue weighted by atomic mass is 10.0. The number of aliphatic hydroxyl groups excluding tert-OH is 1. The van der Waals surface area contributed by atoms with E-state index in [2.05, 4.69) is 10.5 Å². The van der Waals surface area contributed by atoms with Crippen LogP contribution in [0.3, 0.4) is 0 Å². The van der Waals surface area contributed by atoms with Crippen molar-refractivity contribution in [1.29, 1.82) is 5.41 Å². The summed E-state index contributed by atoms with van der Waals surface area (Å²) in [5.41, 5.74) is 0.149. The summed E-state index contributed by atoms with van der Waals surface area (Å²) < 4.78 is 24.1. The number of nitrogens with zero attached hydrogens (tertiary/aromatic N) is 1. The Morgan fingerprint density at radius 1 is 1.48 bits per heavy atom. The summed E-state index contributed by atoms with van der Waals surface area (Å²) in [6.45, 7) is 0.283. The Balaban J connectivity index is 2.79. The van der Waals surface area contributed by atoms with Gasteiger partial charge in [0.05, 0.1) is 21.2 Å². The summed E-state index contributed by atoms with van der Waals surface area (Å²) in [6, 6.07) is 2.55. The average Bonchev–Trinajstić information content (AvgIpc) is 3.07. The highest BCUT2D eigenvalue weighted by atomic mass is 35.5. The fraction of sp³-hybridized carbons (Fsp3) is 0.267. The number of hydrogen-bond donors (Lipinski definition) is 3. The van der Waals surface area contributed by atoms with Crippen LogP contribution in [0.1, 0.15) is 17.5 Å². The lowest BCUT2D eigenvalue weighted by Crippen LogP contribution is -2.22. The van der Waals surface area contributed by atoms with Crippen molar-refractivity contribution in [2.24, 2.45) is 5.16 Å². The van der Waals surface area contributed by atoms with Crippen LogP contribution in [0.2, 0.25) is 5.02 Å². The van der Waals surface area contributed by atoms with Crippen LogP contribution in [0, 0.1) is 5.41 Å². The first-order valence-electron chi connectivity index (χ1n) is 7.10. The van der Waals surface area contributed by atoms with E-state index in [1.165, 1.54) is 19.2 Å². The van der Waals surface area contributed by atoms with Gasteiger partial charge in [-0.25, -0.2) is 8.42 Å². The van der Waals surface area contributed by atoms with Crippen LogP contribution in [0.15, 0.2) is 27.8 Å². The maximum atomic E-state index is 12.1. The topological polar surface area (TPSA) is 129 Å². The zero-order valence-electron chi connectivity index (χ0n) is 13.5. The van der Waals surface area contributed by atoms with Crippen LogP contribution < -0.4 is 5.32 Å². The summed E-state index contributed by atoms with van der Waals surface area (Å²) in [5, 5.41) is 23.7. The first-order chi connectivity index (χ1) is 11.7. The maximum absolute atomic E-state index is 12.1. The van der Waals surface area contributed by atoms with Crippen molar-refractivity contribution in [3.8, 4) is 0 Å². The first-order valence-corrected chi connectivity index (χ1v) is 9.37. The predicted octanol–water partition coefficient (Wildman–Crippen LogP) is 1.53. The summed E-state index contributed by atoms with van der Waals surface area (Å²) >= 11 is 6.34. The van der Waals surface area contributed by atoms with E-state index >= 15 is 0 Å². The van der Waals surface area contributed by atoms with Crippen molar-refractivity contribution in [3.63, 3.8) is 0 Å². The first kappa shape index (κ1) is 18.9. The van der Waals surface area contributed by atoms with Gasteiger partial charge in [0.15, 0.2) is 9.84 Å². The van der Waals surface area contributed by atoms with Crippen LogP contribution >= 0.6 is 11.6 Å². The third-order valence-electron chi connectivity index (χ3n) is 3.52. The molecule has 0 aromatic heterocycles. The fourth-order valence-corrected chi connectivity index (χ4v) is 3.65. The Kier molecular flexibility index (Phi) is 5.48. The third kappa shape index (κ3) is 3.67.